The van der Waals surface area contributed by atoms with Gasteiger partial charge >= 0.3 is 0 Å². The van der Waals surface area contributed by atoms with Crippen molar-refractivity contribution in [3.05, 3.63) is 56.2 Å². The average molecular weight is 437 g/mol. The summed E-state index contributed by atoms with van der Waals surface area (Å²) >= 11 is 3.35. The number of halogens is 2. The van der Waals surface area contributed by atoms with Crippen molar-refractivity contribution in [2.75, 3.05) is 18.0 Å². The van der Waals surface area contributed by atoms with Crippen molar-refractivity contribution >= 4 is 27.5 Å². The van der Waals surface area contributed by atoms with Gasteiger partial charge in [0.1, 0.15) is 10.3 Å². The summed E-state index contributed by atoms with van der Waals surface area (Å²) in [5.41, 5.74) is 1.91. The zero-order valence-corrected chi connectivity index (χ0v) is 16.9. The minimum absolute atomic E-state index is 0.0169. The number of carbonyl (C=O) groups excluding carboxylic acids is 1. The maximum Gasteiger partial charge on any atom is 0.282 e. The highest BCUT2D eigenvalue weighted by Crippen LogP contribution is 2.27. The number of nitrogens with zero attached hydrogens (tertiary/aromatic N) is 3. The summed E-state index contributed by atoms with van der Waals surface area (Å²) in [4.78, 5) is 26.5. The van der Waals surface area contributed by atoms with Gasteiger partial charge in [-0.25, -0.2) is 9.07 Å². The Kier molecular flexibility index (Phi) is 5.94. The van der Waals surface area contributed by atoms with Crippen LogP contribution in [-0.4, -0.2) is 28.8 Å². The fourth-order valence-corrected chi connectivity index (χ4v) is 3.79. The molecule has 1 aliphatic heterocycles. The van der Waals surface area contributed by atoms with Crippen LogP contribution in [0.25, 0.3) is 0 Å². The molecule has 144 valence electrons. The molecule has 2 heterocycles. The van der Waals surface area contributed by atoms with Crippen LogP contribution in [0, 0.1) is 18.7 Å². The highest BCUT2D eigenvalue weighted by atomic mass is 79.9. The number of piperidine rings is 1. The maximum absolute atomic E-state index is 13.6. The number of hydrogen-bond donors (Lipinski definition) is 1. The van der Waals surface area contributed by atoms with Crippen molar-refractivity contribution in [1.82, 2.24) is 15.1 Å². The predicted molar refractivity (Wildman–Crippen MR) is 105 cm³/mol. The Labute approximate surface area is 165 Å². The van der Waals surface area contributed by atoms with Crippen molar-refractivity contribution in [1.29, 1.82) is 0 Å². The van der Waals surface area contributed by atoms with E-state index in [1.165, 1.54) is 10.7 Å². The lowest BCUT2D eigenvalue weighted by Gasteiger charge is -2.33. The molecule has 0 radical (unpaired) electrons. The molecule has 1 aromatic carbocycles. The van der Waals surface area contributed by atoms with Gasteiger partial charge in [0, 0.05) is 32.6 Å². The minimum Gasteiger partial charge on any atom is -0.369 e. The topological polar surface area (TPSA) is 67.2 Å². The van der Waals surface area contributed by atoms with E-state index >= 15 is 0 Å². The van der Waals surface area contributed by atoms with Crippen LogP contribution in [0.2, 0.25) is 0 Å². The zero-order chi connectivity index (χ0) is 19.6. The van der Waals surface area contributed by atoms with Gasteiger partial charge in [0.2, 0.25) is 5.91 Å². The van der Waals surface area contributed by atoms with Gasteiger partial charge in [-0.05, 0) is 52.9 Å². The van der Waals surface area contributed by atoms with Crippen LogP contribution in [0.1, 0.15) is 24.0 Å². The molecule has 1 N–H and O–H groups in total. The average Bonchev–Trinajstić information content (AvgIpc) is 2.67. The molecule has 0 aliphatic carbocycles. The summed E-state index contributed by atoms with van der Waals surface area (Å²) in [6.45, 7) is 3.37. The normalized spacial score (nSPS) is 15.0. The van der Waals surface area contributed by atoms with E-state index < -0.39 is 0 Å². The Morgan fingerprint density at radius 1 is 1.37 bits per heavy atom. The summed E-state index contributed by atoms with van der Waals surface area (Å²) in [5.74, 6) is -0.366. The number of benzene rings is 1. The zero-order valence-electron chi connectivity index (χ0n) is 15.3. The Bertz CT molecular complexity index is 907. The van der Waals surface area contributed by atoms with Gasteiger partial charge < -0.3 is 10.2 Å². The summed E-state index contributed by atoms with van der Waals surface area (Å²) in [6.07, 6.45) is 3.04. The number of carbonyl (C=O) groups is 1. The van der Waals surface area contributed by atoms with Crippen LogP contribution in [0.3, 0.4) is 0 Å². The molecule has 0 bridgehead atoms. The van der Waals surface area contributed by atoms with E-state index in [0.717, 1.165) is 11.3 Å². The van der Waals surface area contributed by atoms with E-state index in [1.54, 1.807) is 26.2 Å². The molecule has 8 heteroatoms. The Morgan fingerprint density at radius 2 is 2.07 bits per heavy atom. The molecule has 1 fully saturated rings. The number of aromatic nitrogens is 2. The van der Waals surface area contributed by atoms with E-state index in [1.807, 2.05) is 6.07 Å². The lowest BCUT2D eigenvalue weighted by atomic mass is 9.95. The largest absolute Gasteiger partial charge is 0.369 e. The smallest absolute Gasteiger partial charge is 0.282 e. The monoisotopic (exact) mass is 436 g/mol. The molecule has 2 aromatic rings. The molecule has 1 aliphatic rings. The molecule has 1 aromatic heterocycles. The number of hydrogen-bond acceptors (Lipinski definition) is 4. The van der Waals surface area contributed by atoms with Gasteiger partial charge in [-0.3, -0.25) is 9.59 Å². The third kappa shape index (κ3) is 4.37. The van der Waals surface area contributed by atoms with Crippen molar-refractivity contribution in [3.8, 4) is 0 Å². The second-order valence-corrected chi connectivity index (χ2v) is 7.63. The Balaban J connectivity index is 1.55. The molecule has 27 heavy (non-hydrogen) atoms. The van der Waals surface area contributed by atoms with Crippen molar-refractivity contribution in [2.24, 2.45) is 13.0 Å². The van der Waals surface area contributed by atoms with Crippen LogP contribution >= 0.6 is 15.9 Å². The van der Waals surface area contributed by atoms with Gasteiger partial charge in [-0.1, -0.05) is 12.1 Å². The molecule has 1 amide bonds. The number of amides is 1. The fraction of sp³-hybridized carbons (Fsp3) is 0.421. The van der Waals surface area contributed by atoms with Gasteiger partial charge in [-0.2, -0.15) is 5.10 Å². The highest BCUT2D eigenvalue weighted by Gasteiger charge is 2.26. The number of rotatable bonds is 4. The molecule has 0 atom stereocenters. The van der Waals surface area contributed by atoms with E-state index in [4.69, 9.17) is 0 Å². The van der Waals surface area contributed by atoms with Crippen LogP contribution in [-0.2, 0) is 18.4 Å². The molecular formula is C19H22BrFN4O2. The van der Waals surface area contributed by atoms with Crippen molar-refractivity contribution in [3.63, 3.8) is 0 Å². The van der Waals surface area contributed by atoms with Gasteiger partial charge in [-0.15, -0.1) is 0 Å². The first kappa shape index (κ1) is 19.5. The van der Waals surface area contributed by atoms with E-state index in [9.17, 15) is 14.0 Å². The van der Waals surface area contributed by atoms with Gasteiger partial charge in [0.05, 0.1) is 11.9 Å². The van der Waals surface area contributed by atoms with Crippen molar-refractivity contribution < 1.29 is 9.18 Å². The SMILES string of the molecule is Cc1ccc(CNC(=O)C2CCN(c3cnn(C)c(=O)c3Br)CC2)cc1F. The minimum atomic E-state index is -0.261. The third-order valence-corrected chi connectivity index (χ3v) is 5.71. The molecule has 6 nitrogen and oxygen atoms in total. The first-order chi connectivity index (χ1) is 12.9. The maximum atomic E-state index is 13.6. The van der Waals surface area contributed by atoms with Crippen LogP contribution in [0.4, 0.5) is 10.1 Å². The second kappa shape index (κ2) is 8.21. The first-order valence-corrected chi connectivity index (χ1v) is 9.65. The van der Waals surface area contributed by atoms with Crippen LogP contribution in [0.5, 0.6) is 0 Å². The highest BCUT2D eigenvalue weighted by molar-refractivity contribution is 9.10. The Morgan fingerprint density at radius 3 is 2.74 bits per heavy atom. The van der Waals surface area contributed by atoms with Gasteiger partial charge in [0.15, 0.2) is 0 Å². The molecule has 3 rings (SSSR count). The summed E-state index contributed by atoms with van der Waals surface area (Å²) in [5, 5.41) is 6.97. The molecule has 0 saturated carbocycles. The fourth-order valence-electron chi connectivity index (χ4n) is 3.18. The standard InChI is InChI=1S/C19H22BrFN4O2/c1-12-3-4-13(9-15(12)21)10-22-18(26)14-5-7-25(8-6-14)16-11-23-24(2)19(27)17(16)20/h3-4,9,11,14H,5-8,10H2,1-2H3,(H,22,26). The summed E-state index contributed by atoms with van der Waals surface area (Å²) < 4.78 is 15.4. The lowest BCUT2D eigenvalue weighted by Crippen LogP contribution is -2.41. The predicted octanol–water partition coefficient (Wildman–Crippen LogP) is 2.52. The summed E-state index contributed by atoms with van der Waals surface area (Å²) in [7, 11) is 1.60. The second-order valence-electron chi connectivity index (χ2n) is 6.84. The third-order valence-electron chi connectivity index (χ3n) is 4.97. The van der Waals surface area contributed by atoms with Crippen molar-refractivity contribution in [2.45, 2.75) is 26.3 Å². The molecular weight excluding hydrogens is 415 g/mol. The summed E-state index contributed by atoms with van der Waals surface area (Å²) in [6, 6.07) is 4.99. The quantitative estimate of drug-likeness (QED) is 0.799. The number of anilines is 1. The lowest BCUT2D eigenvalue weighted by molar-refractivity contribution is -0.125. The first-order valence-electron chi connectivity index (χ1n) is 8.86. The molecule has 0 unspecified atom stereocenters. The van der Waals surface area contributed by atoms with Crippen LogP contribution < -0.4 is 15.8 Å². The van der Waals surface area contributed by atoms with Crippen LogP contribution in [0.15, 0.2) is 33.7 Å². The Hall–Kier alpha value is -2.22. The van der Waals surface area contributed by atoms with E-state index in [2.05, 4.69) is 31.2 Å². The molecule has 1 saturated heterocycles. The van der Waals surface area contributed by atoms with E-state index in [0.29, 0.717) is 42.5 Å². The molecule has 0 spiro atoms. The number of aryl methyl sites for hydroxylation is 2. The number of nitrogens with one attached hydrogen (secondary N) is 1. The van der Waals surface area contributed by atoms with Gasteiger partial charge in [0.25, 0.3) is 5.56 Å². The van der Waals surface area contributed by atoms with E-state index in [-0.39, 0.29) is 23.2 Å².